The van der Waals surface area contributed by atoms with Gasteiger partial charge < -0.3 is 0 Å². The van der Waals surface area contributed by atoms with Crippen molar-refractivity contribution in [3.63, 3.8) is 0 Å². The predicted molar refractivity (Wildman–Crippen MR) is 77.8 cm³/mol. The highest BCUT2D eigenvalue weighted by Crippen LogP contribution is 2.23. The maximum Gasteiger partial charge on any atom is 0.290 e. The van der Waals surface area contributed by atoms with Gasteiger partial charge in [-0.2, -0.15) is 0 Å². The Balaban J connectivity index is 2.37. The summed E-state index contributed by atoms with van der Waals surface area (Å²) in [5.41, 5.74) is -0.220. The molecule has 1 aromatic carbocycles. The van der Waals surface area contributed by atoms with Crippen molar-refractivity contribution in [3.05, 3.63) is 57.0 Å². The maximum atomic E-state index is 13.7. The predicted octanol–water partition coefficient (Wildman–Crippen LogP) is 2.89. The third-order valence-electron chi connectivity index (χ3n) is 2.68. The highest BCUT2D eigenvalue weighted by Gasteiger charge is 2.21. The van der Waals surface area contributed by atoms with E-state index in [4.69, 9.17) is 11.6 Å². The lowest BCUT2D eigenvalue weighted by Crippen LogP contribution is -2.15. The second kappa shape index (κ2) is 5.85. The smallest absolute Gasteiger partial charge is 0.263 e. The van der Waals surface area contributed by atoms with Gasteiger partial charge in [-0.15, -0.1) is 0 Å². The molecule has 0 aliphatic carbocycles. The lowest BCUT2D eigenvalue weighted by Gasteiger charge is -2.09. The van der Waals surface area contributed by atoms with Crippen LogP contribution < -0.4 is 4.72 Å². The quantitative estimate of drug-likeness (QED) is 0.678. The number of nitro groups is 1. The van der Waals surface area contributed by atoms with E-state index >= 15 is 0 Å². The van der Waals surface area contributed by atoms with Gasteiger partial charge in [0.15, 0.2) is 0 Å². The molecule has 0 bridgehead atoms. The van der Waals surface area contributed by atoms with Crippen LogP contribution in [0.5, 0.6) is 0 Å². The van der Waals surface area contributed by atoms with E-state index in [1.807, 2.05) is 0 Å². The topological polar surface area (TPSA) is 102 Å². The number of nitrogens with zero attached hydrogens (tertiary/aromatic N) is 2. The van der Waals surface area contributed by atoms with Gasteiger partial charge in [0.25, 0.3) is 15.7 Å². The zero-order chi connectivity index (χ0) is 16.5. The number of sulfonamides is 1. The Bertz CT molecular complexity index is 857. The fourth-order valence-electron chi connectivity index (χ4n) is 1.69. The Kier molecular flexibility index (Phi) is 4.29. The normalized spacial score (nSPS) is 11.2. The van der Waals surface area contributed by atoms with Gasteiger partial charge in [0.05, 0.1) is 4.92 Å². The molecule has 0 fully saturated rings. The summed E-state index contributed by atoms with van der Waals surface area (Å²) >= 11 is 5.56. The molecule has 0 aliphatic rings. The molecule has 116 valence electrons. The Morgan fingerprint density at radius 2 is 2.00 bits per heavy atom. The van der Waals surface area contributed by atoms with Crippen molar-refractivity contribution in [1.82, 2.24) is 4.98 Å². The molecule has 0 spiro atoms. The van der Waals surface area contributed by atoms with E-state index in [9.17, 15) is 22.9 Å². The molecule has 2 rings (SSSR count). The molecule has 10 heteroatoms. The second-order valence-corrected chi connectivity index (χ2v) is 6.33. The first-order valence-electron chi connectivity index (χ1n) is 5.80. The monoisotopic (exact) mass is 345 g/mol. The molecule has 1 heterocycles. The van der Waals surface area contributed by atoms with Crippen LogP contribution in [0.3, 0.4) is 0 Å². The highest BCUT2D eigenvalue weighted by atomic mass is 35.5. The molecule has 7 nitrogen and oxygen atoms in total. The summed E-state index contributed by atoms with van der Waals surface area (Å²) in [6.07, 6.45) is 0. The van der Waals surface area contributed by atoms with Crippen LogP contribution in [0.15, 0.2) is 35.2 Å². The van der Waals surface area contributed by atoms with Gasteiger partial charge in [0.2, 0.25) is 0 Å². The van der Waals surface area contributed by atoms with Crippen LogP contribution in [0.25, 0.3) is 0 Å². The van der Waals surface area contributed by atoms with Crippen molar-refractivity contribution in [2.45, 2.75) is 11.8 Å². The van der Waals surface area contributed by atoms with Crippen molar-refractivity contribution in [3.8, 4) is 0 Å². The van der Waals surface area contributed by atoms with E-state index in [0.29, 0.717) is 0 Å². The number of nitrogens with one attached hydrogen (secondary N) is 1. The summed E-state index contributed by atoms with van der Waals surface area (Å²) in [5, 5.41) is 10.7. The summed E-state index contributed by atoms with van der Waals surface area (Å²) < 4.78 is 39.9. The molecule has 22 heavy (non-hydrogen) atoms. The van der Waals surface area contributed by atoms with Crippen molar-refractivity contribution in [1.29, 1.82) is 0 Å². The number of aromatic nitrogens is 1. The summed E-state index contributed by atoms with van der Waals surface area (Å²) in [5.74, 6) is -1.17. The molecule has 0 aliphatic heterocycles. The zero-order valence-electron chi connectivity index (χ0n) is 11.1. The molecular formula is C12H9ClFN3O4S. The van der Waals surface area contributed by atoms with Crippen LogP contribution in [0.2, 0.25) is 5.02 Å². The largest absolute Gasteiger partial charge is 0.290 e. The molecule has 0 unspecified atom stereocenters. The van der Waals surface area contributed by atoms with Crippen LogP contribution >= 0.6 is 11.6 Å². The Morgan fingerprint density at radius 3 is 2.55 bits per heavy atom. The van der Waals surface area contributed by atoms with E-state index in [0.717, 1.165) is 24.3 Å². The van der Waals surface area contributed by atoms with Crippen LogP contribution in [0.1, 0.15) is 5.69 Å². The van der Waals surface area contributed by atoms with Crippen LogP contribution in [-0.4, -0.2) is 18.3 Å². The minimum Gasteiger partial charge on any atom is -0.263 e. The zero-order valence-corrected chi connectivity index (χ0v) is 12.7. The van der Waals surface area contributed by atoms with E-state index in [1.54, 1.807) is 0 Å². The van der Waals surface area contributed by atoms with E-state index in [2.05, 4.69) is 9.71 Å². The van der Waals surface area contributed by atoms with Crippen molar-refractivity contribution in [2.24, 2.45) is 0 Å². The van der Waals surface area contributed by atoms with Crippen LogP contribution in [0, 0.1) is 22.9 Å². The molecule has 0 saturated heterocycles. The number of halogens is 2. The Morgan fingerprint density at radius 1 is 1.32 bits per heavy atom. The molecular weight excluding hydrogens is 337 g/mol. The number of rotatable bonds is 4. The number of benzene rings is 1. The molecule has 0 atom stereocenters. The van der Waals surface area contributed by atoms with Gasteiger partial charge in [-0.25, -0.2) is 17.8 Å². The highest BCUT2D eigenvalue weighted by molar-refractivity contribution is 7.92. The van der Waals surface area contributed by atoms with Gasteiger partial charge in [-0.3, -0.25) is 14.8 Å². The number of aryl methyl sites for hydroxylation is 1. The Labute approximate surface area is 130 Å². The number of pyridine rings is 1. The fraction of sp³-hybridized carbons (Fsp3) is 0.0833. The fourth-order valence-corrected chi connectivity index (χ4v) is 2.91. The second-order valence-electron chi connectivity index (χ2n) is 4.24. The number of hydrogen-bond donors (Lipinski definition) is 1. The van der Waals surface area contributed by atoms with Crippen molar-refractivity contribution < 1.29 is 17.7 Å². The average Bonchev–Trinajstić information content (AvgIpc) is 2.37. The van der Waals surface area contributed by atoms with Crippen LogP contribution in [0.4, 0.5) is 15.9 Å². The molecule has 1 N–H and O–H groups in total. The minimum absolute atomic E-state index is 0.0294. The van der Waals surface area contributed by atoms with E-state index < -0.39 is 25.7 Å². The van der Waals surface area contributed by atoms with Crippen LogP contribution in [-0.2, 0) is 10.0 Å². The number of anilines is 1. The molecule has 0 saturated carbocycles. The first kappa shape index (κ1) is 16.1. The van der Waals surface area contributed by atoms with Crippen molar-refractivity contribution in [2.75, 3.05) is 4.72 Å². The molecule has 1 aromatic heterocycles. The average molecular weight is 346 g/mol. The van der Waals surface area contributed by atoms with Gasteiger partial charge in [0.1, 0.15) is 22.2 Å². The standard InChI is InChI=1S/C12H9ClFN3O4S/c1-7-10(17(18)19)3-5-12(15-7)16-22(20,21)11-4-2-8(13)6-9(11)14/h2-6H,1H3,(H,15,16). The minimum atomic E-state index is -4.23. The maximum absolute atomic E-state index is 13.7. The molecule has 0 amide bonds. The third-order valence-corrected chi connectivity index (χ3v) is 4.30. The summed E-state index contributed by atoms with van der Waals surface area (Å²) in [6.45, 7) is 1.36. The third kappa shape index (κ3) is 3.31. The molecule has 0 radical (unpaired) electrons. The van der Waals surface area contributed by atoms with E-state index in [-0.39, 0.29) is 22.2 Å². The summed E-state index contributed by atoms with van der Waals surface area (Å²) in [7, 11) is -4.23. The van der Waals surface area contributed by atoms with Gasteiger partial charge in [-0.1, -0.05) is 11.6 Å². The summed E-state index contributed by atoms with van der Waals surface area (Å²) in [4.78, 5) is 13.2. The Hall–Kier alpha value is -2.26. The van der Waals surface area contributed by atoms with Gasteiger partial charge in [-0.05, 0) is 31.2 Å². The van der Waals surface area contributed by atoms with Gasteiger partial charge >= 0.3 is 0 Å². The molecule has 2 aromatic rings. The SMILES string of the molecule is Cc1nc(NS(=O)(=O)c2ccc(Cl)cc2F)ccc1[N+](=O)[O-]. The first-order valence-corrected chi connectivity index (χ1v) is 7.67. The van der Waals surface area contributed by atoms with E-state index in [1.165, 1.54) is 13.0 Å². The first-order chi connectivity index (χ1) is 10.2. The lowest BCUT2D eigenvalue weighted by atomic mass is 10.3. The van der Waals surface area contributed by atoms with Crippen molar-refractivity contribution >= 4 is 33.1 Å². The van der Waals surface area contributed by atoms with Gasteiger partial charge in [0, 0.05) is 11.1 Å². The number of hydrogen-bond acceptors (Lipinski definition) is 5. The summed E-state index contributed by atoms with van der Waals surface area (Å²) in [6, 6.07) is 5.34. The lowest BCUT2D eigenvalue weighted by molar-refractivity contribution is -0.385.